The third-order valence-electron chi connectivity index (χ3n) is 3.64. The molecule has 0 aromatic rings. The molecule has 1 aliphatic heterocycles. The summed E-state index contributed by atoms with van der Waals surface area (Å²) in [5.41, 5.74) is 0. The Morgan fingerprint density at radius 1 is 1.20 bits per heavy atom. The van der Waals surface area contributed by atoms with Gasteiger partial charge in [-0.25, -0.2) is 0 Å². The molecule has 1 fully saturated rings. The minimum atomic E-state index is 0.952. The van der Waals surface area contributed by atoms with Gasteiger partial charge in [0.15, 0.2) is 0 Å². The molecule has 0 aromatic heterocycles. The molecule has 0 aromatic carbocycles. The summed E-state index contributed by atoms with van der Waals surface area (Å²) >= 11 is 0. The number of rotatable bonds is 6. The highest BCUT2D eigenvalue weighted by molar-refractivity contribution is 4.73. The van der Waals surface area contributed by atoms with Crippen LogP contribution < -0.4 is 0 Å². The second kappa shape index (κ2) is 7.24. The molecule has 0 N–H and O–H groups in total. The van der Waals surface area contributed by atoms with Crippen molar-refractivity contribution in [3.05, 3.63) is 0 Å². The topological polar surface area (TPSA) is 6.48 Å². The van der Waals surface area contributed by atoms with Gasteiger partial charge in [0.1, 0.15) is 0 Å². The second-order valence-corrected chi connectivity index (χ2v) is 4.99. The van der Waals surface area contributed by atoms with E-state index >= 15 is 0 Å². The summed E-state index contributed by atoms with van der Waals surface area (Å²) < 4.78 is 0. The van der Waals surface area contributed by atoms with Crippen LogP contribution in [0.5, 0.6) is 0 Å². The van der Waals surface area contributed by atoms with Crippen molar-refractivity contribution in [3.8, 4) is 0 Å². The van der Waals surface area contributed by atoms with Crippen molar-refractivity contribution in [2.45, 2.75) is 39.5 Å². The smallest absolute Gasteiger partial charge is 0.000744 e. The van der Waals surface area contributed by atoms with Gasteiger partial charge in [-0.1, -0.05) is 20.3 Å². The first-order valence-electron chi connectivity index (χ1n) is 6.67. The van der Waals surface area contributed by atoms with Crippen LogP contribution in [0.4, 0.5) is 0 Å². The first-order chi connectivity index (χ1) is 7.26. The van der Waals surface area contributed by atoms with Crippen LogP contribution in [0.25, 0.3) is 0 Å². The first kappa shape index (κ1) is 13.0. The summed E-state index contributed by atoms with van der Waals surface area (Å²) in [5, 5.41) is 0. The van der Waals surface area contributed by atoms with Gasteiger partial charge in [-0.05, 0) is 58.4 Å². The van der Waals surface area contributed by atoms with Crippen LogP contribution in [0.3, 0.4) is 0 Å². The fraction of sp³-hybridized carbons (Fsp3) is 1.00. The molecular weight excluding hydrogens is 184 g/mol. The van der Waals surface area contributed by atoms with Crippen molar-refractivity contribution < 1.29 is 0 Å². The summed E-state index contributed by atoms with van der Waals surface area (Å²) in [5.74, 6) is 0.952. The van der Waals surface area contributed by atoms with Crippen molar-refractivity contribution in [1.29, 1.82) is 0 Å². The van der Waals surface area contributed by atoms with Gasteiger partial charge in [0, 0.05) is 6.54 Å². The fourth-order valence-corrected chi connectivity index (χ4v) is 2.34. The van der Waals surface area contributed by atoms with Crippen LogP contribution in [0.2, 0.25) is 0 Å². The maximum absolute atomic E-state index is 2.64. The zero-order chi connectivity index (χ0) is 11.1. The van der Waals surface area contributed by atoms with Gasteiger partial charge in [-0.2, -0.15) is 0 Å². The number of unbranched alkanes of at least 4 members (excludes halogenated alkanes) is 1. The Bertz CT molecular complexity index is 151. The zero-order valence-corrected chi connectivity index (χ0v) is 10.8. The van der Waals surface area contributed by atoms with Crippen molar-refractivity contribution >= 4 is 0 Å². The van der Waals surface area contributed by atoms with Crippen molar-refractivity contribution in [2.75, 3.05) is 39.8 Å². The summed E-state index contributed by atoms with van der Waals surface area (Å²) in [7, 11) is 2.24. The summed E-state index contributed by atoms with van der Waals surface area (Å²) in [6.07, 6.45) is 5.53. The van der Waals surface area contributed by atoms with E-state index in [0.717, 1.165) is 5.92 Å². The maximum atomic E-state index is 2.64. The van der Waals surface area contributed by atoms with Gasteiger partial charge in [-0.3, -0.25) is 0 Å². The lowest BCUT2D eigenvalue weighted by Gasteiger charge is -2.33. The number of hydrogen-bond acceptors (Lipinski definition) is 2. The van der Waals surface area contributed by atoms with Crippen LogP contribution in [0, 0.1) is 5.92 Å². The fourth-order valence-electron chi connectivity index (χ4n) is 2.34. The Morgan fingerprint density at radius 3 is 2.40 bits per heavy atom. The molecule has 0 aliphatic carbocycles. The van der Waals surface area contributed by atoms with E-state index in [2.05, 4.69) is 30.7 Å². The molecule has 15 heavy (non-hydrogen) atoms. The molecule has 0 spiro atoms. The molecule has 1 rings (SSSR count). The van der Waals surface area contributed by atoms with E-state index in [1.165, 1.54) is 58.4 Å². The predicted molar refractivity (Wildman–Crippen MR) is 67.2 cm³/mol. The molecule has 2 nitrogen and oxygen atoms in total. The molecule has 1 heterocycles. The Labute approximate surface area is 95.6 Å². The Kier molecular flexibility index (Phi) is 6.26. The quantitative estimate of drug-likeness (QED) is 0.667. The highest BCUT2D eigenvalue weighted by Crippen LogP contribution is 2.18. The lowest BCUT2D eigenvalue weighted by atomic mass is 9.96. The van der Waals surface area contributed by atoms with Crippen LogP contribution >= 0.6 is 0 Å². The summed E-state index contributed by atoms with van der Waals surface area (Å²) in [6.45, 7) is 11.0. The van der Waals surface area contributed by atoms with Crippen molar-refractivity contribution in [1.82, 2.24) is 9.80 Å². The zero-order valence-electron chi connectivity index (χ0n) is 10.8. The van der Waals surface area contributed by atoms with Gasteiger partial charge in [0.25, 0.3) is 0 Å². The number of hydrogen-bond donors (Lipinski definition) is 0. The van der Waals surface area contributed by atoms with E-state index in [4.69, 9.17) is 0 Å². The average molecular weight is 212 g/mol. The lowest BCUT2D eigenvalue weighted by Crippen LogP contribution is -2.38. The molecule has 0 amide bonds. The molecule has 0 bridgehead atoms. The van der Waals surface area contributed by atoms with Gasteiger partial charge >= 0.3 is 0 Å². The highest BCUT2D eigenvalue weighted by atomic mass is 15.1. The molecule has 0 saturated carbocycles. The number of piperidine rings is 1. The minimum Gasteiger partial charge on any atom is -0.306 e. The predicted octanol–water partition coefficient (Wildman–Crippen LogP) is 2.45. The SMILES string of the molecule is CCCCN1CCC(CN(C)CC)CC1. The average Bonchev–Trinajstić information content (AvgIpc) is 2.28. The highest BCUT2D eigenvalue weighted by Gasteiger charge is 2.19. The Morgan fingerprint density at radius 2 is 1.87 bits per heavy atom. The molecule has 0 atom stereocenters. The molecule has 90 valence electrons. The van der Waals surface area contributed by atoms with E-state index in [-0.39, 0.29) is 0 Å². The normalized spacial score (nSPS) is 20.0. The molecule has 0 unspecified atom stereocenters. The van der Waals surface area contributed by atoms with Crippen molar-refractivity contribution in [3.63, 3.8) is 0 Å². The van der Waals surface area contributed by atoms with Crippen molar-refractivity contribution in [2.24, 2.45) is 5.92 Å². The largest absolute Gasteiger partial charge is 0.306 e. The van der Waals surface area contributed by atoms with Crippen LogP contribution in [-0.4, -0.2) is 49.6 Å². The first-order valence-corrected chi connectivity index (χ1v) is 6.67. The summed E-state index contributed by atoms with van der Waals surface area (Å²) in [6, 6.07) is 0. The van der Waals surface area contributed by atoms with E-state index < -0.39 is 0 Å². The van der Waals surface area contributed by atoms with Crippen LogP contribution in [-0.2, 0) is 0 Å². The Balaban J connectivity index is 2.12. The number of nitrogens with zero attached hydrogens (tertiary/aromatic N) is 2. The Hall–Kier alpha value is -0.0800. The van der Waals surface area contributed by atoms with E-state index in [0.29, 0.717) is 0 Å². The monoisotopic (exact) mass is 212 g/mol. The minimum absolute atomic E-state index is 0.952. The van der Waals surface area contributed by atoms with Crippen LogP contribution in [0.15, 0.2) is 0 Å². The molecular formula is C13H28N2. The molecule has 0 radical (unpaired) electrons. The molecule has 1 saturated heterocycles. The van der Waals surface area contributed by atoms with Crippen LogP contribution in [0.1, 0.15) is 39.5 Å². The van der Waals surface area contributed by atoms with Gasteiger partial charge in [-0.15, -0.1) is 0 Å². The van der Waals surface area contributed by atoms with E-state index in [9.17, 15) is 0 Å². The lowest BCUT2D eigenvalue weighted by molar-refractivity contribution is 0.155. The van der Waals surface area contributed by atoms with Gasteiger partial charge in [0.05, 0.1) is 0 Å². The van der Waals surface area contributed by atoms with E-state index in [1.54, 1.807) is 0 Å². The summed E-state index contributed by atoms with van der Waals surface area (Å²) in [4.78, 5) is 5.10. The third-order valence-corrected chi connectivity index (χ3v) is 3.64. The molecule has 1 aliphatic rings. The third kappa shape index (κ3) is 4.98. The second-order valence-electron chi connectivity index (χ2n) is 4.99. The standard InChI is InChI=1S/C13H28N2/c1-4-6-9-15-10-7-13(8-11-15)12-14(3)5-2/h13H,4-12H2,1-3H3. The van der Waals surface area contributed by atoms with Gasteiger partial charge in [0.2, 0.25) is 0 Å². The number of likely N-dealkylation sites (tertiary alicyclic amines) is 1. The van der Waals surface area contributed by atoms with E-state index in [1.807, 2.05) is 0 Å². The molecule has 2 heteroatoms. The van der Waals surface area contributed by atoms with Gasteiger partial charge < -0.3 is 9.80 Å². The maximum Gasteiger partial charge on any atom is 0.000744 e.